The fraction of sp³-hybridized carbons (Fsp3) is 0.200. The van der Waals surface area contributed by atoms with Gasteiger partial charge in [0.25, 0.3) is 0 Å². The van der Waals surface area contributed by atoms with E-state index < -0.39 is 0 Å². The Morgan fingerprint density at radius 3 is 1.17 bits per heavy atom. The lowest BCUT2D eigenvalue weighted by molar-refractivity contribution is 1.07. The van der Waals surface area contributed by atoms with E-state index in [9.17, 15) is 0 Å². The first-order chi connectivity index (χ1) is 8.68. The molecular formula is C10H8N6S2. The Balaban J connectivity index is 5.10. The van der Waals surface area contributed by atoms with Crippen LogP contribution in [-0.2, 0) is 0 Å². The summed E-state index contributed by atoms with van der Waals surface area (Å²) in [5.41, 5.74) is -0.109. The lowest BCUT2D eigenvalue weighted by Crippen LogP contribution is -2.07. The van der Waals surface area contributed by atoms with Crippen molar-refractivity contribution in [3.05, 3.63) is 21.2 Å². The smallest absolute Gasteiger partial charge is 0.160 e. The predicted molar refractivity (Wildman–Crippen MR) is 69.8 cm³/mol. The lowest BCUT2D eigenvalue weighted by Gasteiger charge is -2.07. The lowest BCUT2D eigenvalue weighted by atomic mass is 10.3. The second kappa shape index (κ2) is 8.84. The van der Waals surface area contributed by atoms with Crippen LogP contribution in [-0.4, -0.2) is 14.1 Å². The molecule has 0 saturated heterocycles. The van der Waals surface area contributed by atoms with Crippen molar-refractivity contribution in [1.29, 1.82) is 21.0 Å². The highest BCUT2D eigenvalue weighted by molar-refractivity contribution is 8.79. The van der Waals surface area contributed by atoms with E-state index in [4.69, 9.17) is 21.0 Å². The van der Waals surface area contributed by atoms with Crippen LogP contribution >= 0.6 is 21.6 Å². The normalized spacial score (nSPS) is 7.67. The maximum atomic E-state index is 8.73. The van der Waals surface area contributed by atoms with Crippen molar-refractivity contribution < 1.29 is 0 Å². The standard InChI is InChI=1S/C10H8N6S2/c1-15-9(7(3-11)4-12)17-18-10(16-2)8(5-13)6-14/h15-16H,1-2H3. The second-order valence-corrected chi connectivity index (χ2v) is 4.67. The van der Waals surface area contributed by atoms with Gasteiger partial charge in [-0.3, -0.25) is 0 Å². The van der Waals surface area contributed by atoms with Crippen LogP contribution in [0.4, 0.5) is 0 Å². The molecule has 0 aromatic heterocycles. The third-order valence-electron chi connectivity index (χ3n) is 1.56. The van der Waals surface area contributed by atoms with Gasteiger partial charge in [-0.1, -0.05) is 0 Å². The van der Waals surface area contributed by atoms with E-state index >= 15 is 0 Å². The van der Waals surface area contributed by atoms with Crippen LogP contribution < -0.4 is 10.6 Å². The summed E-state index contributed by atoms with van der Waals surface area (Å²) in [4.78, 5) is 0. The zero-order valence-corrected chi connectivity index (χ0v) is 11.2. The number of rotatable bonds is 5. The molecule has 6 nitrogen and oxygen atoms in total. The van der Waals surface area contributed by atoms with Gasteiger partial charge in [0.1, 0.15) is 34.3 Å². The number of nitrogens with zero attached hydrogens (tertiary/aromatic N) is 4. The van der Waals surface area contributed by atoms with Gasteiger partial charge >= 0.3 is 0 Å². The van der Waals surface area contributed by atoms with Crippen molar-refractivity contribution in [2.45, 2.75) is 0 Å². The molecule has 0 fully saturated rings. The molecule has 0 bridgehead atoms. The minimum atomic E-state index is -0.0547. The number of hydrogen-bond acceptors (Lipinski definition) is 8. The Hall–Kier alpha value is -2.26. The molecule has 90 valence electrons. The number of nitriles is 4. The van der Waals surface area contributed by atoms with Gasteiger partial charge in [0.05, 0.1) is 0 Å². The Labute approximate surface area is 113 Å². The molecule has 0 rings (SSSR count). The SMILES string of the molecule is CNC(SSC(NC)=C(C#N)C#N)=C(C#N)C#N. The first-order valence-electron chi connectivity index (χ1n) is 4.47. The third kappa shape index (κ3) is 4.31. The van der Waals surface area contributed by atoms with Gasteiger partial charge < -0.3 is 10.6 Å². The largest absolute Gasteiger partial charge is 0.381 e. The fourth-order valence-electron chi connectivity index (χ4n) is 0.753. The topological polar surface area (TPSA) is 119 Å². The molecule has 0 aromatic rings. The summed E-state index contributed by atoms with van der Waals surface area (Å²) in [6.07, 6.45) is 0. The molecule has 0 unspecified atom stereocenters. The van der Waals surface area contributed by atoms with Crippen LogP contribution in [0.2, 0.25) is 0 Å². The molecule has 0 aromatic carbocycles. The molecule has 0 amide bonds. The second-order valence-electron chi connectivity index (χ2n) is 2.52. The van der Waals surface area contributed by atoms with Crippen LogP contribution in [0.1, 0.15) is 0 Å². The van der Waals surface area contributed by atoms with Crippen molar-refractivity contribution in [2.24, 2.45) is 0 Å². The Kier molecular flexibility index (Phi) is 7.73. The molecule has 2 N–H and O–H groups in total. The Morgan fingerprint density at radius 1 is 0.722 bits per heavy atom. The van der Waals surface area contributed by atoms with Gasteiger partial charge in [0, 0.05) is 14.1 Å². The Morgan fingerprint density at radius 2 is 1.00 bits per heavy atom. The minimum Gasteiger partial charge on any atom is -0.381 e. The van der Waals surface area contributed by atoms with Crippen LogP contribution in [0.3, 0.4) is 0 Å². The molecule has 0 saturated carbocycles. The van der Waals surface area contributed by atoms with Gasteiger partial charge in [0.2, 0.25) is 0 Å². The molecule has 0 radical (unpaired) electrons. The minimum absolute atomic E-state index is 0.0547. The summed E-state index contributed by atoms with van der Waals surface area (Å²) in [6.45, 7) is 0. The molecular weight excluding hydrogens is 268 g/mol. The first kappa shape index (κ1) is 15.7. The van der Waals surface area contributed by atoms with E-state index in [1.807, 2.05) is 0 Å². The van der Waals surface area contributed by atoms with E-state index in [0.29, 0.717) is 10.1 Å². The predicted octanol–water partition coefficient (Wildman–Crippen LogP) is 1.32. The van der Waals surface area contributed by atoms with Gasteiger partial charge in [-0.15, -0.1) is 0 Å². The quantitative estimate of drug-likeness (QED) is 0.570. The van der Waals surface area contributed by atoms with E-state index in [0.717, 1.165) is 21.6 Å². The summed E-state index contributed by atoms with van der Waals surface area (Å²) in [6, 6.07) is 7.03. The summed E-state index contributed by atoms with van der Waals surface area (Å²) >= 11 is 0. The van der Waals surface area contributed by atoms with Gasteiger partial charge in [-0.2, -0.15) is 21.0 Å². The van der Waals surface area contributed by atoms with Crippen LogP contribution in [0.25, 0.3) is 0 Å². The Bertz CT molecular complexity index is 453. The molecule has 0 aliphatic heterocycles. The van der Waals surface area contributed by atoms with Crippen LogP contribution in [0.15, 0.2) is 21.2 Å². The zero-order chi connectivity index (χ0) is 14.0. The van der Waals surface area contributed by atoms with Crippen molar-refractivity contribution in [2.75, 3.05) is 14.1 Å². The molecule has 8 heteroatoms. The van der Waals surface area contributed by atoms with E-state index in [-0.39, 0.29) is 11.1 Å². The van der Waals surface area contributed by atoms with E-state index in [1.54, 1.807) is 38.4 Å². The van der Waals surface area contributed by atoms with Crippen molar-refractivity contribution in [3.8, 4) is 24.3 Å². The van der Waals surface area contributed by atoms with Crippen LogP contribution in [0, 0.1) is 45.3 Å². The highest BCUT2D eigenvalue weighted by Crippen LogP contribution is 2.35. The number of allylic oxidation sites excluding steroid dienone is 2. The van der Waals surface area contributed by atoms with Gasteiger partial charge in [0.15, 0.2) is 11.1 Å². The van der Waals surface area contributed by atoms with Crippen molar-refractivity contribution in [3.63, 3.8) is 0 Å². The number of hydrogen-bond donors (Lipinski definition) is 2. The molecule has 0 spiro atoms. The average Bonchev–Trinajstić information content (AvgIpc) is 2.42. The van der Waals surface area contributed by atoms with Crippen molar-refractivity contribution >= 4 is 21.6 Å². The first-order valence-corrected chi connectivity index (χ1v) is 6.62. The zero-order valence-electron chi connectivity index (χ0n) is 9.61. The summed E-state index contributed by atoms with van der Waals surface area (Å²) in [5.74, 6) is 0. The van der Waals surface area contributed by atoms with Gasteiger partial charge in [-0.05, 0) is 21.6 Å². The molecule has 0 aliphatic rings. The molecule has 0 aliphatic carbocycles. The summed E-state index contributed by atoms with van der Waals surface area (Å²) < 4.78 is 0. The van der Waals surface area contributed by atoms with E-state index in [1.165, 1.54) is 0 Å². The van der Waals surface area contributed by atoms with Gasteiger partial charge in [-0.25, -0.2) is 0 Å². The summed E-state index contributed by atoms with van der Waals surface area (Å²) in [7, 11) is 5.33. The third-order valence-corrected chi connectivity index (χ3v) is 4.05. The fourth-order valence-corrected chi connectivity index (χ4v) is 2.94. The molecule has 0 atom stereocenters. The highest BCUT2D eigenvalue weighted by atomic mass is 33.1. The maximum absolute atomic E-state index is 8.73. The van der Waals surface area contributed by atoms with Crippen LogP contribution in [0.5, 0.6) is 0 Å². The van der Waals surface area contributed by atoms with Crippen molar-refractivity contribution in [1.82, 2.24) is 10.6 Å². The van der Waals surface area contributed by atoms with E-state index in [2.05, 4.69) is 10.6 Å². The highest BCUT2D eigenvalue weighted by Gasteiger charge is 2.10. The molecule has 18 heavy (non-hydrogen) atoms. The summed E-state index contributed by atoms with van der Waals surface area (Å²) in [5, 5.41) is 41.1. The maximum Gasteiger partial charge on any atom is 0.160 e. The number of nitrogens with one attached hydrogen (secondary N) is 2. The molecule has 0 heterocycles. The monoisotopic (exact) mass is 276 g/mol. The average molecular weight is 276 g/mol.